The van der Waals surface area contributed by atoms with Crippen LogP contribution in [-0.4, -0.2) is 45.3 Å². The molecule has 104 valence electrons. The van der Waals surface area contributed by atoms with E-state index >= 15 is 0 Å². The average Bonchev–Trinajstić information content (AvgIpc) is 2.33. The maximum Gasteiger partial charge on any atom is 0.174 e. The lowest BCUT2D eigenvalue weighted by atomic mass is 10.3. The summed E-state index contributed by atoms with van der Waals surface area (Å²) in [5.74, 6) is 0. The van der Waals surface area contributed by atoms with Gasteiger partial charge in [-0.1, -0.05) is 13.8 Å². The largest absolute Gasteiger partial charge is 0.380 e. The van der Waals surface area contributed by atoms with E-state index in [0.717, 1.165) is 26.0 Å². The van der Waals surface area contributed by atoms with Crippen molar-refractivity contribution in [2.75, 3.05) is 33.0 Å². The molecule has 0 bridgehead atoms. The lowest BCUT2D eigenvalue weighted by molar-refractivity contribution is -0.162. The fraction of sp³-hybridized carbons (Fsp3) is 1.00. The molecular weight excluding hydrogens is 218 g/mol. The molecule has 0 heterocycles. The molecule has 0 aliphatic carbocycles. The molecule has 4 nitrogen and oxygen atoms in total. The summed E-state index contributed by atoms with van der Waals surface area (Å²) >= 11 is 0. The fourth-order valence-electron chi connectivity index (χ4n) is 1.53. The van der Waals surface area contributed by atoms with Gasteiger partial charge >= 0.3 is 0 Å². The van der Waals surface area contributed by atoms with Gasteiger partial charge in [0.1, 0.15) is 0 Å². The van der Waals surface area contributed by atoms with Crippen LogP contribution < -0.4 is 5.32 Å². The van der Waals surface area contributed by atoms with Crippen LogP contribution in [0.5, 0.6) is 0 Å². The summed E-state index contributed by atoms with van der Waals surface area (Å²) in [4.78, 5) is 0. The minimum atomic E-state index is -0.214. The van der Waals surface area contributed by atoms with E-state index < -0.39 is 0 Å². The Kier molecular flexibility index (Phi) is 12.2. The molecule has 1 N–H and O–H groups in total. The van der Waals surface area contributed by atoms with Crippen LogP contribution >= 0.6 is 0 Å². The van der Waals surface area contributed by atoms with Gasteiger partial charge in [0, 0.05) is 19.8 Å². The summed E-state index contributed by atoms with van der Waals surface area (Å²) < 4.78 is 16.8. The Balaban J connectivity index is 4.15. The monoisotopic (exact) mass is 247 g/mol. The van der Waals surface area contributed by atoms with Crippen molar-refractivity contribution in [2.45, 2.75) is 52.9 Å². The Morgan fingerprint density at radius 3 is 2.06 bits per heavy atom. The summed E-state index contributed by atoms with van der Waals surface area (Å²) in [6.07, 6.45) is 1.91. The number of ether oxygens (including phenoxy) is 3. The molecular formula is C13H29NO3. The Morgan fingerprint density at radius 2 is 1.59 bits per heavy atom. The van der Waals surface area contributed by atoms with Crippen molar-refractivity contribution in [1.29, 1.82) is 0 Å². The zero-order chi connectivity index (χ0) is 12.9. The first-order valence-corrected chi connectivity index (χ1v) is 6.84. The number of nitrogens with one attached hydrogen (secondary N) is 1. The van der Waals surface area contributed by atoms with Gasteiger partial charge in [-0.15, -0.1) is 0 Å². The third-order valence-corrected chi connectivity index (χ3v) is 2.29. The minimum Gasteiger partial charge on any atom is -0.380 e. The first-order chi connectivity index (χ1) is 8.29. The molecule has 0 aromatic carbocycles. The molecule has 0 aromatic heterocycles. The van der Waals surface area contributed by atoms with E-state index in [-0.39, 0.29) is 12.3 Å². The van der Waals surface area contributed by atoms with E-state index in [2.05, 4.69) is 19.2 Å². The average molecular weight is 247 g/mol. The quantitative estimate of drug-likeness (QED) is 0.424. The van der Waals surface area contributed by atoms with Gasteiger partial charge in [0.05, 0.1) is 12.6 Å². The van der Waals surface area contributed by atoms with Crippen LogP contribution in [0.25, 0.3) is 0 Å². The van der Waals surface area contributed by atoms with Crippen molar-refractivity contribution in [3.63, 3.8) is 0 Å². The molecule has 0 amide bonds. The van der Waals surface area contributed by atoms with Crippen LogP contribution in [0, 0.1) is 0 Å². The molecule has 1 atom stereocenters. The summed E-state index contributed by atoms with van der Waals surface area (Å²) in [7, 11) is 0. The molecule has 0 saturated carbocycles. The third-order valence-electron chi connectivity index (χ3n) is 2.29. The van der Waals surface area contributed by atoms with Crippen LogP contribution in [0.1, 0.15) is 40.5 Å². The van der Waals surface area contributed by atoms with E-state index in [1.165, 1.54) is 0 Å². The maximum atomic E-state index is 5.61. The Bertz CT molecular complexity index is 150. The predicted octanol–water partition coefficient (Wildman–Crippen LogP) is 2.18. The van der Waals surface area contributed by atoms with Gasteiger partial charge in [-0.2, -0.15) is 0 Å². The van der Waals surface area contributed by atoms with Gasteiger partial charge < -0.3 is 19.5 Å². The van der Waals surface area contributed by atoms with E-state index in [0.29, 0.717) is 19.8 Å². The molecule has 0 aliphatic heterocycles. The van der Waals surface area contributed by atoms with Crippen molar-refractivity contribution in [2.24, 2.45) is 0 Å². The molecule has 0 aromatic rings. The van der Waals surface area contributed by atoms with E-state index in [1.54, 1.807) is 0 Å². The first kappa shape index (κ1) is 16.8. The van der Waals surface area contributed by atoms with Gasteiger partial charge in [0.25, 0.3) is 0 Å². The maximum absolute atomic E-state index is 5.61. The van der Waals surface area contributed by atoms with Gasteiger partial charge in [-0.3, -0.25) is 0 Å². The van der Waals surface area contributed by atoms with Crippen LogP contribution in [0.15, 0.2) is 0 Å². The van der Waals surface area contributed by atoms with E-state index in [1.807, 2.05) is 13.8 Å². The molecule has 1 unspecified atom stereocenters. The molecule has 0 saturated heterocycles. The molecule has 0 spiro atoms. The fourth-order valence-corrected chi connectivity index (χ4v) is 1.53. The van der Waals surface area contributed by atoms with Crippen LogP contribution in [0.3, 0.4) is 0 Å². The first-order valence-electron chi connectivity index (χ1n) is 6.84. The smallest absolute Gasteiger partial charge is 0.174 e. The van der Waals surface area contributed by atoms with Gasteiger partial charge in [-0.05, 0) is 33.2 Å². The van der Waals surface area contributed by atoms with E-state index in [9.17, 15) is 0 Å². The zero-order valence-corrected chi connectivity index (χ0v) is 11.8. The second-order valence-corrected chi connectivity index (χ2v) is 3.91. The lowest BCUT2D eigenvalue weighted by Gasteiger charge is -2.27. The topological polar surface area (TPSA) is 39.7 Å². The molecule has 0 rings (SSSR count). The number of hydrogen-bond donors (Lipinski definition) is 1. The second kappa shape index (κ2) is 12.3. The molecule has 17 heavy (non-hydrogen) atoms. The molecule has 0 fully saturated rings. The summed E-state index contributed by atoms with van der Waals surface area (Å²) in [5.41, 5.74) is 0. The standard InChI is InChI=1S/C13H29NO3/c1-5-9-14-12(11-15-10-6-2)13(16-7-3)17-8-4/h12-14H,5-11H2,1-4H3. The molecule has 4 heteroatoms. The van der Waals surface area contributed by atoms with E-state index in [4.69, 9.17) is 14.2 Å². The normalized spacial score (nSPS) is 13.2. The lowest BCUT2D eigenvalue weighted by Crippen LogP contribution is -2.46. The highest BCUT2D eigenvalue weighted by atomic mass is 16.7. The van der Waals surface area contributed by atoms with Crippen LogP contribution in [0.2, 0.25) is 0 Å². The van der Waals surface area contributed by atoms with Crippen molar-refractivity contribution in [3.8, 4) is 0 Å². The minimum absolute atomic E-state index is 0.112. The molecule has 0 aliphatic rings. The van der Waals surface area contributed by atoms with Crippen molar-refractivity contribution in [1.82, 2.24) is 5.32 Å². The highest BCUT2D eigenvalue weighted by Gasteiger charge is 2.21. The second-order valence-electron chi connectivity index (χ2n) is 3.91. The summed E-state index contributed by atoms with van der Waals surface area (Å²) in [6.45, 7) is 11.9. The van der Waals surface area contributed by atoms with Crippen LogP contribution in [0.4, 0.5) is 0 Å². The number of rotatable bonds is 12. The van der Waals surface area contributed by atoms with Crippen molar-refractivity contribution < 1.29 is 14.2 Å². The Morgan fingerprint density at radius 1 is 0.941 bits per heavy atom. The highest BCUT2D eigenvalue weighted by molar-refractivity contribution is 4.70. The predicted molar refractivity (Wildman–Crippen MR) is 70.2 cm³/mol. The Hall–Kier alpha value is -0.160. The van der Waals surface area contributed by atoms with Crippen molar-refractivity contribution >= 4 is 0 Å². The number of hydrogen-bond acceptors (Lipinski definition) is 4. The van der Waals surface area contributed by atoms with Gasteiger partial charge in [-0.25, -0.2) is 0 Å². The SMILES string of the molecule is CCCNC(COCCC)C(OCC)OCC. The van der Waals surface area contributed by atoms with Crippen LogP contribution in [-0.2, 0) is 14.2 Å². The van der Waals surface area contributed by atoms with Crippen molar-refractivity contribution in [3.05, 3.63) is 0 Å². The summed E-state index contributed by atoms with van der Waals surface area (Å²) in [5, 5.41) is 3.42. The highest BCUT2D eigenvalue weighted by Crippen LogP contribution is 2.04. The molecule has 0 radical (unpaired) electrons. The zero-order valence-electron chi connectivity index (χ0n) is 11.8. The Labute approximate surface area is 106 Å². The van der Waals surface area contributed by atoms with Gasteiger partial charge in [0.2, 0.25) is 0 Å². The van der Waals surface area contributed by atoms with Gasteiger partial charge in [0.15, 0.2) is 6.29 Å². The summed E-state index contributed by atoms with van der Waals surface area (Å²) in [6, 6.07) is 0.112. The third kappa shape index (κ3) is 8.55.